The van der Waals surface area contributed by atoms with E-state index in [9.17, 15) is 5.11 Å². The molecule has 0 saturated heterocycles. The quantitative estimate of drug-likeness (QED) is 0.553. The highest BCUT2D eigenvalue weighted by molar-refractivity contribution is 7.22. The van der Waals surface area contributed by atoms with Gasteiger partial charge in [0.25, 0.3) is 0 Å². The topological polar surface area (TPSA) is 36.1 Å². The molecule has 0 radical (unpaired) electrons. The van der Waals surface area contributed by atoms with E-state index >= 15 is 0 Å². The molecule has 0 fully saturated rings. The minimum Gasteiger partial charge on any atom is -1.00 e. The number of benzene rings is 2. The Labute approximate surface area is 141 Å². The summed E-state index contributed by atoms with van der Waals surface area (Å²) in [5, 5.41) is 17.1. The predicted octanol–water partition coefficient (Wildman–Crippen LogP) is 1.11. The number of aryl methyl sites for hydroxylation is 2. The number of rotatable bonds is 4. The number of nitrogens with one attached hydrogen (secondary N) is 1. The molecule has 0 aliphatic carbocycles. The molecule has 0 spiro atoms. The Bertz CT molecular complexity index is 813. The Kier molecular flexibility index (Phi) is 5.14. The van der Waals surface area contributed by atoms with Gasteiger partial charge in [-0.25, -0.2) is 4.57 Å². The van der Waals surface area contributed by atoms with Crippen molar-refractivity contribution in [1.82, 2.24) is 0 Å². The summed E-state index contributed by atoms with van der Waals surface area (Å²) >= 11 is 1.72. The molecular weight excluding hydrogens is 316 g/mol. The standard InChI is InChI=1S/C17H20N2OS.ClH/c1-4-5-10-18-17-19(3)14-12-8-6-7-9-13(12)15(20)11(2)16(14)21-17;/h6-9,20H,4-5,10H2,1-3H3;1H. The minimum absolute atomic E-state index is 0. The van der Waals surface area contributed by atoms with E-state index in [1.54, 1.807) is 11.3 Å². The highest BCUT2D eigenvalue weighted by Crippen LogP contribution is 2.39. The fraction of sp³-hybridized carbons (Fsp3) is 0.353. The molecule has 22 heavy (non-hydrogen) atoms. The molecule has 0 atom stereocenters. The van der Waals surface area contributed by atoms with Crippen molar-refractivity contribution in [2.75, 3.05) is 11.9 Å². The molecule has 0 aliphatic heterocycles. The Hall–Kier alpha value is -1.52. The van der Waals surface area contributed by atoms with Crippen molar-refractivity contribution < 1.29 is 22.1 Å². The number of thiazole rings is 1. The molecule has 5 heteroatoms. The van der Waals surface area contributed by atoms with Crippen LogP contribution in [0.2, 0.25) is 0 Å². The van der Waals surface area contributed by atoms with E-state index in [-0.39, 0.29) is 12.4 Å². The smallest absolute Gasteiger partial charge is 0.334 e. The second-order valence-corrected chi connectivity index (χ2v) is 6.44. The largest absolute Gasteiger partial charge is 1.00 e. The summed E-state index contributed by atoms with van der Waals surface area (Å²) in [6.07, 6.45) is 2.35. The average molecular weight is 337 g/mol. The second kappa shape index (κ2) is 6.71. The predicted molar refractivity (Wildman–Crippen MR) is 90.3 cm³/mol. The van der Waals surface area contributed by atoms with Crippen LogP contribution in [0.15, 0.2) is 24.3 Å². The van der Waals surface area contributed by atoms with Crippen molar-refractivity contribution in [3.05, 3.63) is 29.8 Å². The highest BCUT2D eigenvalue weighted by Gasteiger charge is 2.21. The Morgan fingerprint density at radius 1 is 1.23 bits per heavy atom. The molecule has 1 heterocycles. The lowest BCUT2D eigenvalue weighted by Gasteiger charge is -2.05. The van der Waals surface area contributed by atoms with Crippen LogP contribution in [0.1, 0.15) is 25.3 Å². The van der Waals surface area contributed by atoms with Crippen molar-refractivity contribution in [3.8, 4) is 5.75 Å². The van der Waals surface area contributed by atoms with Gasteiger partial charge in [0.1, 0.15) is 5.75 Å². The fourth-order valence-corrected chi connectivity index (χ4v) is 3.95. The third-order valence-corrected chi connectivity index (χ3v) is 5.31. The maximum absolute atomic E-state index is 10.4. The lowest BCUT2D eigenvalue weighted by molar-refractivity contribution is -0.625. The lowest BCUT2D eigenvalue weighted by atomic mass is 10.0. The zero-order valence-electron chi connectivity index (χ0n) is 13.1. The molecule has 2 aromatic carbocycles. The number of unbranched alkanes of at least 4 members (excludes halogenated alkanes) is 1. The zero-order chi connectivity index (χ0) is 15.0. The van der Waals surface area contributed by atoms with Crippen LogP contribution in [-0.2, 0) is 7.05 Å². The third kappa shape index (κ3) is 2.61. The summed E-state index contributed by atoms with van der Waals surface area (Å²) in [4.78, 5) is 0. The summed E-state index contributed by atoms with van der Waals surface area (Å²) in [6.45, 7) is 5.18. The van der Waals surface area contributed by atoms with Crippen LogP contribution in [-0.4, -0.2) is 11.7 Å². The van der Waals surface area contributed by atoms with Gasteiger partial charge in [-0.3, -0.25) is 5.32 Å². The molecule has 3 rings (SSSR count). The van der Waals surface area contributed by atoms with E-state index in [0.717, 1.165) is 32.7 Å². The van der Waals surface area contributed by atoms with E-state index in [1.165, 1.54) is 18.4 Å². The lowest BCUT2D eigenvalue weighted by Crippen LogP contribution is -3.00. The number of nitrogens with zero attached hydrogens (tertiary/aromatic N) is 1. The number of hydrogen-bond donors (Lipinski definition) is 2. The zero-order valence-corrected chi connectivity index (χ0v) is 14.7. The maximum Gasteiger partial charge on any atom is 0.334 e. The number of phenolic OH excluding ortho intramolecular Hbond substituents is 1. The number of hydrogen-bond acceptors (Lipinski definition) is 3. The van der Waals surface area contributed by atoms with Crippen LogP contribution in [0.3, 0.4) is 0 Å². The molecule has 0 saturated carbocycles. The molecule has 3 nitrogen and oxygen atoms in total. The normalized spacial score (nSPS) is 10.9. The number of phenols is 1. The van der Waals surface area contributed by atoms with Gasteiger partial charge in [0.2, 0.25) is 0 Å². The Balaban J connectivity index is 0.00000176. The van der Waals surface area contributed by atoms with Crippen LogP contribution >= 0.6 is 11.3 Å². The number of halogens is 1. The molecule has 3 aromatic rings. The fourth-order valence-electron chi connectivity index (χ4n) is 2.76. The molecular formula is C17H21ClN2OS. The summed E-state index contributed by atoms with van der Waals surface area (Å²) in [5.74, 6) is 0.403. The second-order valence-electron chi connectivity index (χ2n) is 5.44. The summed E-state index contributed by atoms with van der Waals surface area (Å²) in [6, 6.07) is 8.07. The SMILES string of the molecule is CCCCNc1sc2c(C)c(O)c3ccccc3c2[n+]1C.[Cl-]. The first-order chi connectivity index (χ1) is 10.1. The molecule has 0 amide bonds. The molecule has 2 N–H and O–H groups in total. The van der Waals surface area contributed by atoms with Crippen molar-refractivity contribution in [1.29, 1.82) is 0 Å². The van der Waals surface area contributed by atoms with Crippen molar-refractivity contribution in [3.63, 3.8) is 0 Å². The number of aromatic hydroxyl groups is 1. The van der Waals surface area contributed by atoms with Gasteiger partial charge in [0.15, 0.2) is 5.52 Å². The molecule has 118 valence electrons. The first-order valence-electron chi connectivity index (χ1n) is 7.41. The minimum atomic E-state index is 0. The van der Waals surface area contributed by atoms with Crippen molar-refractivity contribution in [2.45, 2.75) is 26.7 Å². The van der Waals surface area contributed by atoms with E-state index in [1.807, 2.05) is 25.1 Å². The van der Waals surface area contributed by atoms with Gasteiger partial charge in [-0.05, 0) is 30.7 Å². The molecule has 0 aliphatic rings. The van der Waals surface area contributed by atoms with Crippen LogP contribution < -0.4 is 22.3 Å². The number of anilines is 1. The van der Waals surface area contributed by atoms with Gasteiger partial charge in [-0.1, -0.05) is 31.5 Å². The third-order valence-electron chi connectivity index (χ3n) is 3.99. The Morgan fingerprint density at radius 2 is 1.91 bits per heavy atom. The Morgan fingerprint density at radius 3 is 2.59 bits per heavy atom. The monoisotopic (exact) mass is 336 g/mol. The van der Waals surface area contributed by atoms with E-state index < -0.39 is 0 Å². The molecule has 0 bridgehead atoms. The molecule has 0 unspecified atom stereocenters. The van der Waals surface area contributed by atoms with Gasteiger partial charge in [-0.2, -0.15) is 0 Å². The summed E-state index contributed by atoms with van der Waals surface area (Å²) in [7, 11) is 2.09. The number of fused-ring (bicyclic) bond motifs is 3. The average Bonchev–Trinajstić information content (AvgIpc) is 2.83. The van der Waals surface area contributed by atoms with Gasteiger partial charge in [-0.15, -0.1) is 0 Å². The summed E-state index contributed by atoms with van der Waals surface area (Å²) in [5.41, 5.74) is 2.16. The van der Waals surface area contributed by atoms with E-state index in [2.05, 4.69) is 29.9 Å². The van der Waals surface area contributed by atoms with Gasteiger partial charge in [0, 0.05) is 16.3 Å². The first-order valence-corrected chi connectivity index (χ1v) is 8.23. The highest BCUT2D eigenvalue weighted by atomic mass is 35.5. The first kappa shape index (κ1) is 16.8. The number of aromatic nitrogens is 1. The van der Waals surface area contributed by atoms with E-state index in [4.69, 9.17) is 0 Å². The van der Waals surface area contributed by atoms with Gasteiger partial charge < -0.3 is 17.5 Å². The van der Waals surface area contributed by atoms with Crippen LogP contribution in [0.4, 0.5) is 5.13 Å². The van der Waals surface area contributed by atoms with Crippen molar-refractivity contribution >= 4 is 37.5 Å². The molecule has 1 aromatic heterocycles. The van der Waals surface area contributed by atoms with Crippen LogP contribution in [0.5, 0.6) is 5.75 Å². The van der Waals surface area contributed by atoms with Gasteiger partial charge in [0.05, 0.1) is 18.3 Å². The van der Waals surface area contributed by atoms with Crippen LogP contribution in [0.25, 0.3) is 21.0 Å². The van der Waals surface area contributed by atoms with Gasteiger partial charge >= 0.3 is 5.13 Å². The van der Waals surface area contributed by atoms with Crippen LogP contribution in [0, 0.1) is 6.92 Å². The van der Waals surface area contributed by atoms with E-state index in [0.29, 0.717) is 5.75 Å². The maximum atomic E-state index is 10.4. The van der Waals surface area contributed by atoms with Crippen molar-refractivity contribution in [2.24, 2.45) is 7.05 Å². The summed E-state index contributed by atoms with van der Waals surface area (Å²) < 4.78 is 3.37.